The molecular formula is C24H28BNO7. The maximum atomic E-state index is 13.1. The standard InChI is InChI=1S/C24H28BNO7/c1-13(10-15-5-7-16(27)8-6-15)4-9-19-20-14(2)11-17-21(18(20)12-25(31)33-19)23(29)26(22(17)28)24(30)32-3/h5-8,10,17-19,21,27,31H,4,9,11-12H2,1-3H3/b13-10+/t17-,18+,19-,21-/m1/s1. The van der Waals surface area contributed by atoms with E-state index in [0.717, 1.165) is 29.4 Å². The first-order valence-corrected chi connectivity index (χ1v) is 11.2. The van der Waals surface area contributed by atoms with Crippen molar-refractivity contribution in [3.8, 4) is 5.75 Å². The van der Waals surface area contributed by atoms with E-state index in [1.807, 2.05) is 32.1 Å². The largest absolute Gasteiger partial charge is 0.508 e. The minimum atomic E-state index is -1.05. The van der Waals surface area contributed by atoms with Gasteiger partial charge in [0.15, 0.2) is 0 Å². The van der Waals surface area contributed by atoms with E-state index >= 15 is 0 Å². The Hall–Kier alpha value is -2.91. The van der Waals surface area contributed by atoms with Crippen molar-refractivity contribution in [1.29, 1.82) is 0 Å². The number of hydrogen-bond acceptors (Lipinski definition) is 7. The highest BCUT2D eigenvalue weighted by molar-refractivity contribution is 6.43. The van der Waals surface area contributed by atoms with E-state index in [2.05, 4.69) is 4.74 Å². The van der Waals surface area contributed by atoms with Gasteiger partial charge in [-0.05, 0) is 68.6 Å². The highest BCUT2D eigenvalue weighted by Gasteiger charge is 2.58. The fourth-order valence-electron chi connectivity index (χ4n) is 5.48. The molecule has 3 aliphatic rings. The maximum absolute atomic E-state index is 13.1. The molecule has 4 rings (SSSR count). The van der Waals surface area contributed by atoms with Crippen molar-refractivity contribution in [3.05, 3.63) is 46.5 Å². The number of aromatic hydroxyl groups is 1. The van der Waals surface area contributed by atoms with E-state index in [1.165, 1.54) is 0 Å². The predicted octanol–water partition coefficient (Wildman–Crippen LogP) is 3.16. The molecule has 0 unspecified atom stereocenters. The van der Waals surface area contributed by atoms with Crippen LogP contribution in [0.4, 0.5) is 4.79 Å². The van der Waals surface area contributed by atoms with Crippen LogP contribution in [0.15, 0.2) is 41.0 Å². The van der Waals surface area contributed by atoms with Crippen molar-refractivity contribution in [2.24, 2.45) is 17.8 Å². The third-order valence-electron chi connectivity index (χ3n) is 6.92. The van der Waals surface area contributed by atoms with Gasteiger partial charge in [0.1, 0.15) is 5.75 Å². The Morgan fingerprint density at radius 2 is 1.94 bits per heavy atom. The van der Waals surface area contributed by atoms with E-state index in [4.69, 9.17) is 4.65 Å². The van der Waals surface area contributed by atoms with Crippen molar-refractivity contribution < 1.29 is 33.9 Å². The fourth-order valence-corrected chi connectivity index (χ4v) is 5.48. The van der Waals surface area contributed by atoms with Crippen LogP contribution in [0.3, 0.4) is 0 Å². The van der Waals surface area contributed by atoms with E-state index in [9.17, 15) is 24.5 Å². The summed E-state index contributed by atoms with van der Waals surface area (Å²) in [7, 11) is 0.0916. The first kappa shape index (κ1) is 23.3. The van der Waals surface area contributed by atoms with Crippen LogP contribution in [0.25, 0.3) is 6.08 Å². The van der Waals surface area contributed by atoms with E-state index in [-0.39, 0.29) is 24.1 Å². The number of carbonyl (C=O) groups is 3. The molecular weight excluding hydrogens is 425 g/mol. The number of likely N-dealkylation sites (tertiary alicyclic amines) is 1. The van der Waals surface area contributed by atoms with Gasteiger partial charge in [-0.1, -0.05) is 29.4 Å². The number of rotatable bonds is 4. The molecule has 0 saturated carbocycles. The summed E-state index contributed by atoms with van der Waals surface area (Å²) in [5.41, 5.74) is 4.02. The molecule has 174 valence electrons. The summed E-state index contributed by atoms with van der Waals surface area (Å²) >= 11 is 0. The van der Waals surface area contributed by atoms with Crippen LogP contribution >= 0.6 is 0 Å². The van der Waals surface area contributed by atoms with Gasteiger partial charge >= 0.3 is 13.2 Å². The summed E-state index contributed by atoms with van der Waals surface area (Å²) in [5, 5.41) is 19.9. The number of fused-ring (bicyclic) bond motifs is 3. The van der Waals surface area contributed by atoms with E-state index in [0.29, 0.717) is 24.2 Å². The molecule has 2 fully saturated rings. The molecule has 1 aromatic rings. The van der Waals surface area contributed by atoms with E-state index < -0.39 is 36.9 Å². The molecule has 2 heterocycles. The molecule has 0 aromatic heterocycles. The van der Waals surface area contributed by atoms with Crippen LogP contribution in [0.2, 0.25) is 6.32 Å². The molecule has 2 aliphatic heterocycles. The van der Waals surface area contributed by atoms with Crippen LogP contribution in [-0.2, 0) is 19.0 Å². The number of phenolic OH excluding ortho intramolecular Hbond substituents is 1. The minimum Gasteiger partial charge on any atom is -0.508 e. The van der Waals surface area contributed by atoms with Crippen molar-refractivity contribution in [1.82, 2.24) is 4.90 Å². The topological polar surface area (TPSA) is 113 Å². The van der Waals surface area contributed by atoms with Crippen LogP contribution in [0.1, 0.15) is 38.7 Å². The van der Waals surface area contributed by atoms with Gasteiger partial charge in [-0.2, -0.15) is 4.90 Å². The lowest BCUT2D eigenvalue weighted by molar-refractivity contribution is -0.137. The predicted molar refractivity (Wildman–Crippen MR) is 121 cm³/mol. The Kier molecular flexibility index (Phi) is 6.45. The molecule has 2 N–H and O–H groups in total. The zero-order valence-electron chi connectivity index (χ0n) is 19.0. The smallest absolute Gasteiger partial charge is 0.455 e. The molecule has 0 bridgehead atoms. The number of hydrogen-bond donors (Lipinski definition) is 2. The van der Waals surface area contributed by atoms with Gasteiger partial charge in [-0.3, -0.25) is 9.59 Å². The number of ether oxygens (including phenoxy) is 1. The molecule has 4 atom stereocenters. The molecule has 1 aromatic carbocycles. The van der Waals surface area contributed by atoms with Crippen molar-refractivity contribution in [2.75, 3.05) is 7.11 Å². The molecule has 3 amide bonds. The molecule has 9 heteroatoms. The summed E-state index contributed by atoms with van der Waals surface area (Å²) in [6.07, 6.45) is 2.60. The Morgan fingerprint density at radius 1 is 1.24 bits per heavy atom. The van der Waals surface area contributed by atoms with Gasteiger partial charge in [0.2, 0.25) is 11.8 Å². The zero-order valence-corrected chi connectivity index (χ0v) is 19.0. The second-order valence-corrected chi connectivity index (χ2v) is 9.10. The number of carbonyl (C=O) groups excluding carboxylic acids is 3. The minimum absolute atomic E-state index is 0.209. The number of allylic oxidation sites excluding steroid dienone is 2. The first-order valence-electron chi connectivity index (χ1n) is 11.2. The van der Waals surface area contributed by atoms with Crippen LogP contribution in [0, 0.1) is 17.8 Å². The highest BCUT2D eigenvalue weighted by Crippen LogP contribution is 2.50. The molecule has 8 nitrogen and oxygen atoms in total. The first-order chi connectivity index (χ1) is 15.7. The van der Waals surface area contributed by atoms with E-state index in [1.54, 1.807) is 12.1 Å². The normalized spacial score (nSPS) is 27.6. The molecule has 33 heavy (non-hydrogen) atoms. The number of methoxy groups -OCH3 is 1. The number of amides is 3. The second kappa shape index (κ2) is 9.15. The van der Waals surface area contributed by atoms with Crippen LogP contribution in [0.5, 0.6) is 5.75 Å². The van der Waals surface area contributed by atoms with Gasteiger partial charge in [-0.15, -0.1) is 0 Å². The van der Waals surface area contributed by atoms with Crippen LogP contribution < -0.4 is 0 Å². The number of phenols is 1. The average molecular weight is 453 g/mol. The second-order valence-electron chi connectivity index (χ2n) is 9.10. The third kappa shape index (κ3) is 4.35. The number of nitrogens with zero attached hydrogens (tertiary/aromatic N) is 1. The summed E-state index contributed by atoms with van der Waals surface area (Å²) in [5.74, 6) is -2.53. The van der Waals surface area contributed by atoms with Crippen LogP contribution in [-0.4, -0.2) is 53.3 Å². The summed E-state index contributed by atoms with van der Waals surface area (Å²) in [6, 6.07) is 6.93. The SMILES string of the molecule is COC(=O)N1C(=O)[C@@H]2[C@@H](CC(C)=C3[C@@H](CC/C(C)=C/c4ccc(O)cc4)OB(O)C[C@@H]32)C1=O. The lowest BCUT2D eigenvalue weighted by Crippen LogP contribution is -2.46. The Morgan fingerprint density at radius 3 is 2.61 bits per heavy atom. The zero-order chi connectivity index (χ0) is 23.9. The van der Waals surface area contributed by atoms with Crippen molar-refractivity contribution >= 4 is 31.1 Å². The lowest BCUT2D eigenvalue weighted by atomic mass is 9.59. The third-order valence-corrected chi connectivity index (χ3v) is 6.92. The number of imide groups is 3. The average Bonchev–Trinajstić information content (AvgIpc) is 3.02. The van der Waals surface area contributed by atoms with Gasteiger partial charge < -0.3 is 19.5 Å². The highest BCUT2D eigenvalue weighted by atomic mass is 16.5. The quantitative estimate of drug-likeness (QED) is 0.409. The van der Waals surface area contributed by atoms with Crippen molar-refractivity contribution in [3.63, 3.8) is 0 Å². The Bertz CT molecular complexity index is 1030. The lowest BCUT2D eigenvalue weighted by Gasteiger charge is -2.42. The molecule has 1 aliphatic carbocycles. The molecule has 0 spiro atoms. The van der Waals surface area contributed by atoms with Gasteiger partial charge in [0.25, 0.3) is 0 Å². The molecule has 2 saturated heterocycles. The maximum Gasteiger partial charge on any atom is 0.455 e. The summed E-state index contributed by atoms with van der Waals surface area (Å²) in [6.45, 7) is 3.94. The Balaban J connectivity index is 1.55. The van der Waals surface area contributed by atoms with Gasteiger partial charge in [-0.25, -0.2) is 4.79 Å². The molecule has 0 radical (unpaired) electrons. The summed E-state index contributed by atoms with van der Waals surface area (Å²) in [4.78, 5) is 38.5. The Labute approximate surface area is 193 Å². The van der Waals surface area contributed by atoms with Gasteiger partial charge in [0.05, 0.1) is 25.0 Å². The summed E-state index contributed by atoms with van der Waals surface area (Å²) < 4.78 is 10.5. The van der Waals surface area contributed by atoms with Gasteiger partial charge in [0, 0.05) is 0 Å². The number of benzene rings is 1. The monoisotopic (exact) mass is 453 g/mol. The van der Waals surface area contributed by atoms with Crippen molar-refractivity contribution in [2.45, 2.75) is 45.5 Å². The fraction of sp³-hybridized carbons (Fsp3) is 0.458.